The average molecular weight is 237 g/mol. The van der Waals surface area contributed by atoms with Crippen molar-refractivity contribution in [2.45, 2.75) is 51.5 Å². The molecule has 5 nitrogen and oxygen atoms in total. The average Bonchev–Trinajstić information content (AvgIpc) is 2.66. The van der Waals surface area contributed by atoms with Crippen molar-refractivity contribution >= 4 is 5.97 Å². The second-order valence-corrected chi connectivity index (χ2v) is 4.83. The topological polar surface area (TPSA) is 68.0 Å². The monoisotopic (exact) mass is 237 g/mol. The fourth-order valence-electron chi connectivity index (χ4n) is 2.06. The van der Waals surface area contributed by atoms with Gasteiger partial charge in [0, 0.05) is 19.2 Å². The summed E-state index contributed by atoms with van der Waals surface area (Å²) in [6, 6.07) is 0. The lowest BCUT2D eigenvalue weighted by Crippen LogP contribution is -2.18. The Morgan fingerprint density at radius 2 is 2.29 bits per heavy atom. The molecule has 1 aromatic heterocycles. The van der Waals surface area contributed by atoms with Crippen LogP contribution in [0.5, 0.6) is 0 Å². The fraction of sp³-hybridized carbons (Fsp3) is 0.750. The van der Waals surface area contributed by atoms with E-state index in [1.54, 1.807) is 0 Å². The maximum absolute atomic E-state index is 10.3. The second kappa shape index (κ2) is 5.80. The molecule has 1 heterocycles. The molecule has 0 amide bonds. The highest BCUT2D eigenvalue weighted by molar-refractivity contribution is 5.66. The van der Waals surface area contributed by atoms with Crippen molar-refractivity contribution in [3.8, 4) is 0 Å². The van der Waals surface area contributed by atoms with E-state index < -0.39 is 5.97 Å². The van der Waals surface area contributed by atoms with Gasteiger partial charge >= 0.3 is 5.97 Å². The summed E-state index contributed by atoms with van der Waals surface area (Å²) in [5, 5.41) is 16.7. The third-order valence-electron chi connectivity index (χ3n) is 3.33. The molecule has 1 aliphatic carbocycles. The smallest absolute Gasteiger partial charge is 0.303 e. The minimum atomic E-state index is -0.723. The molecule has 1 saturated carbocycles. The van der Waals surface area contributed by atoms with E-state index in [4.69, 9.17) is 5.11 Å². The van der Waals surface area contributed by atoms with Crippen LogP contribution in [0.1, 0.15) is 44.2 Å². The summed E-state index contributed by atoms with van der Waals surface area (Å²) in [5.41, 5.74) is 0.981. The Hall–Kier alpha value is -1.39. The summed E-state index contributed by atoms with van der Waals surface area (Å²) >= 11 is 0. The number of aryl methyl sites for hydroxylation is 1. The number of carbonyl (C=O) groups is 1. The van der Waals surface area contributed by atoms with Crippen LogP contribution in [-0.4, -0.2) is 26.1 Å². The molecule has 1 N–H and O–H groups in total. The number of aromatic nitrogens is 3. The van der Waals surface area contributed by atoms with Crippen molar-refractivity contribution in [2.24, 2.45) is 5.92 Å². The first kappa shape index (κ1) is 12.1. The van der Waals surface area contributed by atoms with Gasteiger partial charge in [-0.1, -0.05) is 11.6 Å². The number of carboxylic acid groups (broad SMARTS) is 1. The zero-order valence-electron chi connectivity index (χ0n) is 10.0. The Kier molecular flexibility index (Phi) is 4.12. The summed E-state index contributed by atoms with van der Waals surface area (Å²) in [4.78, 5) is 10.3. The molecule has 94 valence electrons. The van der Waals surface area contributed by atoms with Crippen molar-refractivity contribution in [3.63, 3.8) is 0 Å². The van der Waals surface area contributed by atoms with Crippen LogP contribution in [0.25, 0.3) is 0 Å². The van der Waals surface area contributed by atoms with Gasteiger partial charge < -0.3 is 5.11 Å². The van der Waals surface area contributed by atoms with Gasteiger partial charge in [-0.05, 0) is 38.0 Å². The van der Waals surface area contributed by atoms with Crippen LogP contribution >= 0.6 is 0 Å². The van der Waals surface area contributed by atoms with Crippen LogP contribution < -0.4 is 0 Å². The van der Waals surface area contributed by atoms with Gasteiger partial charge in [-0.3, -0.25) is 9.48 Å². The van der Waals surface area contributed by atoms with Gasteiger partial charge in [-0.2, -0.15) is 0 Å². The van der Waals surface area contributed by atoms with E-state index >= 15 is 0 Å². The van der Waals surface area contributed by atoms with E-state index in [-0.39, 0.29) is 6.42 Å². The number of carboxylic acids is 1. The van der Waals surface area contributed by atoms with E-state index in [0.29, 0.717) is 6.42 Å². The fourth-order valence-corrected chi connectivity index (χ4v) is 2.06. The van der Waals surface area contributed by atoms with Crippen molar-refractivity contribution in [1.82, 2.24) is 15.0 Å². The summed E-state index contributed by atoms with van der Waals surface area (Å²) in [5.74, 6) is 0.0650. The predicted molar refractivity (Wildman–Crippen MR) is 62.6 cm³/mol. The van der Waals surface area contributed by atoms with Gasteiger partial charge in [0.2, 0.25) is 0 Å². The first-order chi connectivity index (χ1) is 8.24. The zero-order valence-corrected chi connectivity index (χ0v) is 10.0. The van der Waals surface area contributed by atoms with Gasteiger partial charge in [0.05, 0.1) is 5.69 Å². The number of nitrogens with zero attached hydrogens (tertiary/aromatic N) is 3. The maximum Gasteiger partial charge on any atom is 0.303 e. The number of hydrogen-bond acceptors (Lipinski definition) is 3. The molecule has 0 bridgehead atoms. The molecule has 1 aliphatic rings. The molecule has 0 spiro atoms. The lowest BCUT2D eigenvalue weighted by Gasteiger charge is -2.24. The summed E-state index contributed by atoms with van der Waals surface area (Å²) in [7, 11) is 0. The largest absolute Gasteiger partial charge is 0.481 e. The second-order valence-electron chi connectivity index (χ2n) is 4.83. The van der Waals surface area contributed by atoms with E-state index in [1.165, 1.54) is 19.3 Å². The van der Waals surface area contributed by atoms with Gasteiger partial charge in [0.25, 0.3) is 0 Å². The SMILES string of the molecule is O=C(O)CCCCc1cn(CC2CCC2)nn1. The highest BCUT2D eigenvalue weighted by atomic mass is 16.4. The third-order valence-corrected chi connectivity index (χ3v) is 3.33. The minimum absolute atomic E-state index is 0.246. The molecule has 5 heteroatoms. The minimum Gasteiger partial charge on any atom is -0.481 e. The van der Waals surface area contributed by atoms with Crippen LogP contribution in [-0.2, 0) is 17.8 Å². The van der Waals surface area contributed by atoms with Crippen LogP contribution in [0.4, 0.5) is 0 Å². The first-order valence-corrected chi connectivity index (χ1v) is 6.35. The van der Waals surface area contributed by atoms with E-state index in [9.17, 15) is 4.79 Å². The lowest BCUT2D eigenvalue weighted by atomic mass is 9.85. The van der Waals surface area contributed by atoms with E-state index in [1.807, 2.05) is 10.9 Å². The molecule has 1 fully saturated rings. The molecule has 0 radical (unpaired) electrons. The standard InChI is InChI=1S/C12H19N3O2/c16-12(17)7-2-1-6-11-9-15(14-13-11)8-10-4-3-5-10/h9-10H,1-8H2,(H,16,17). The number of hydrogen-bond donors (Lipinski definition) is 1. The Morgan fingerprint density at radius 3 is 2.94 bits per heavy atom. The highest BCUT2D eigenvalue weighted by Gasteiger charge is 2.18. The molecule has 2 rings (SSSR count). The number of rotatable bonds is 7. The van der Waals surface area contributed by atoms with E-state index in [0.717, 1.165) is 31.0 Å². The zero-order chi connectivity index (χ0) is 12.1. The molecule has 0 saturated heterocycles. The van der Waals surface area contributed by atoms with Crippen LogP contribution in [0.3, 0.4) is 0 Å². The Bertz CT molecular complexity index is 372. The molecular weight excluding hydrogens is 218 g/mol. The molecule has 0 aliphatic heterocycles. The third kappa shape index (κ3) is 3.84. The van der Waals surface area contributed by atoms with Crippen molar-refractivity contribution in [2.75, 3.05) is 0 Å². The molecule has 0 aromatic carbocycles. The first-order valence-electron chi connectivity index (χ1n) is 6.35. The maximum atomic E-state index is 10.3. The van der Waals surface area contributed by atoms with Gasteiger partial charge in [0.15, 0.2) is 0 Å². The van der Waals surface area contributed by atoms with E-state index in [2.05, 4.69) is 10.3 Å². The number of aliphatic carboxylic acids is 1. The number of unbranched alkanes of at least 4 members (excludes halogenated alkanes) is 1. The van der Waals surface area contributed by atoms with Crippen LogP contribution in [0.15, 0.2) is 6.20 Å². The van der Waals surface area contributed by atoms with Crippen LogP contribution in [0, 0.1) is 5.92 Å². The van der Waals surface area contributed by atoms with Crippen molar-refractivity contribution in [1.29, 1.82) is 0 Å². The van der Waals surface area contributed by atoms with Crippen LogP contribution in [0.2, 0.25) is 0 Å². The molecular formula is C12H19N3O2. The molecule has 17 heavy (non-hydrogen) atoms. The quantitative estimate of drug-likeness (QED) is 0.735. The van der Waals surface area contributed by atoms with Crippen molar-refractivity contribution in [3.05, 3.63) is 11.9 Å². The molecule has 0 atom stereocenters. The summed E-state index contributed by atoms with van der Waals surface area (Å²) in [6.45, 7) is 0.988. The lowest BCUT2D eigenvalue weighted by molar-refractivity contribution is -0.137. The van der Waals surface area contributed by atoms with Gasteiger partial charge in [-0.25, -0.2) is 0 Å². The Morgan fingerprint density at radius 1 is 1.47 bits per heavy atom. The molecule has 1 aromatic rings. The highest BCUT2D eigenvalue weighted by Crippen LogP contribution is 2.27. The Balaban J connectivity index is 1.68. The van der Waals surface area contributed by atoms with Gasteiger partial charge in [0.1, 0.15) is 0 Å². The summed E-state index contributed by atoms with van der Waals surface area (Å²) in [6.07, 6.45) is 8.63. The summed E-state index contributed by atoms with van der Waals surface area (Å²) < 4.78 is 1.93. The predicted octanol–water partition coefficient (Wildman–Crippen LogP) is 1.88. The Labute approximate surface area is 101 Å². The normalized spacial score (nSPS) is 15.8. The van der Waals surface area contributed by atoms with Gasteiger partial charge in [-0.15, -0.1) is 5.10 Å². The van der Waals surface area contributed by atoms with Crippen molar-refractivity contribution < 1.29 is 9.90 Å². The molecule has 0 unspecified atom stereocenters.